The van der Waals surface area contributed by atoms with Gasteiger partial charge in [0, 0.05) is 10.5 Å². The number of aryl methyl sites for hydroxylation is 1. The molecule has 0 fully saturated rings. The van der Waals surface area contributed by atoms with Gasteiger partial charge < -0.3 is 9.52 Å². The Morgan fingerprint density at radius 2 is 2.12 bits per heavy atom. The van der Waals surface area contributed by atoms with Crippen LogP contribution >= 0.6 is 11.8 Å². The van der Waals surface area contributed by atoms with Crippen LogP contribution in [0.25, 0.3) is 0 Å². The molecule has 0 spiro atoms. The number of hydrogen-bond acceptors (Lipinski definition) is 3. The van der Waals surface area contributed by atoms with Crippen LogP contribution in [0.1, 0.15) is 55.4 Å². The summed E-state index contributed by atoms with van der Waals surface area (Å²) >= 11 is 1.93. The zero-order valence-corrected chi connectivity index (χ0v) is 15.6. The van der Waals surface area contributed by atoms with Crippen LogP contribution in [0.5, 0.6) is 0 Å². The third kappa shape index (κ3) is 3.93. The molecule has 1 aromatic carbocycles. The van der Waals surface area contributed by atoms with E-state index in [4.69, 9.17) is 9.52 Å². The van der Waals surface area contributed by atoms with Gasteiger partial charge in [0.15, 0.2) is 5.76 Å². The lowest BCUT2D eigenvalue weighted by molar-refractivity contribution is -0.136. The van der Waals surface area contributed by atoms with Crippen molar-refractivity contribution < 1.29 is 14.3 Å². The van der Waals surface area contributed by atoms with E-state index in [1.807, 2.05) is 11.8 Å². The Bertz CT molecular complexity index is 865. The fourth-order valence-electron chi connectivity index (χ4n) is 3.05. The lowest BCUT2D eigenvalue weighted by Gasteiger charge is -2.32. The molecule has 25 heavy (non-hydrogen) atoms. The average molecular weight is 354 g/mol. The molecule has 1 aliphatic heterocycles. The van der Waals surface area contributed by atoms with E-state index in [1.165, 1.54) is 22.4 Å². The third-order valence-corrected chi connectivity index (χ3v) is 5.66. The molecular formula is C21H22O3S. The van der Waals surface area contributed by atoms with Gasteiger partial charge in [-0.2, -0.15) is 0 Å². The summed E-state index contributed by atoms with van der Waals surface area (Å²) in [4.78, 5) is 12.1. The molecule has 1 aliphatic rings. The summed E-state index contributed by atoms with van der Waals surface area (Å²) in [5.74, 6) is 7.47. The lowest BCUT2D eigenvalue weighted by atomic mass is 9.80. The van der Waals surface area contributed by atoms with Crippen LogP contribution in [-0.2, 0) is 23.1 Å². The highest BCUT2D eigenvalue weighted by Gasteiger charge is 2.28. The number of thioether (sulfide) groups is 1. The van der Waals surface area contributed by atoms with E-state index in [1.54, 1.807) is 12.1 Å². The minimum atomic E-state index is -0.906. The van der Waals surface area contributed by atoms with Crippen LogP contribution < -0.4 is 0 Å². The first-order valence-corrected chi connectivity index (χ1v) is 9.50. The van der Waals surface area contributed by atoms with E-state index in [2.05, 4.69) is 44.7 Å². The number of carbonyl (C=O) groups is 1. The van der Waals surface area contributed by atoms with Crippen molar-refractivity contribution in [2.45, 2.75) is 50.3 Å². The Labute approximate surface area is 152 Å². The summed E-state index contributed by atoms with van der Waals surface area (Å²) in [6.07, 6.45) is 1.98. The SMILES string of the molecule is CCc1cc2c(cc1C#Cc1ccc(CC(=O)O)o1)C(C)(C)CCS2. The first kappa shape index (κ1) is 17.7. The Morgan fingerprint density at radius 3 is 2.84 bits per heavy atom. The van der Waals surface area contributed by atoms with Crippen LogP contribution in [-0.4, -0.2) is 16.8 Å². The Balaban J connectivity index is 1.95. The van der Waals surface area contributed by atoms with Gasteiger partial charge >= 0.3 is 5.97 Å². The van der Waals surface area contributed by atoms with Gasteiger partial charge in [0.1, 0.15) is 12.2 Å². The van der Waals surface area contributed by atoms with E-state index in [9.17, 15) is 4.79 Å². The second-order valence-corrected chi connectivity index (χ2v) is 8.06. The van der Waals surface area contributed by atoms with E-state index >= 15 is 0 Å². The second kappa shape index (κ2) is 7.01. The summed E-state index contributed by atoms with van der Waals surface area (Å²) < 4.78 is 5.48. The fourth-order valence-corrected chi connectivity index (χ4v) is 4.60. The van der Waals surface area contributed by atoms with Gasteiger partial charge in [-0.05, 0) is 65.3 Å². The number of fused-ring (bicyclic) bond motifs is 1. The molecule has 0 saturated heterocycles. The molecule has 4 heteroatoms. The maximum absolute atomic E-state index is 10.7. The van der Waals surface area contributed by atoms with Gasteiger partial charge in [-0.3, -0.25) is 4.79 Å². The van der Waals surface area contributed by atoms with Crippen molar-refractivity contribution in [2.24, 2.45) is 0 Å². The molecule has 0 bridgehead atoms. The van der Waals surface area contributed by atoms with Crippen LogP contribution in [0.4, 0.5) is 0 Å². The van der Waals surface area contributed by atoms with E-state index in [0.29, 0.717) is 11.5 Å². The second-order valence-electron chi connectivity index (χ2n) is 6.93. The lowest BCUT2D eigenvalue weighted by Crippen LogP contribution is -2.23. The molecule has 0 saturated carbocycles. The quantitative estimate of drug-likeness (QED) is 0.816. The first-order chi connectivity index (χ1) is 11.9. The van der Waals surface area contributed by atoms with Crippen molar-refractivity contribution in [3.8, 4) is 11.8 Å². The monoisotopic (exact) mass is 354 g/mol. The number of furan rings is 1. The number of hydrogen-bond donors (Lipinski definition) is 1. The number of carboxylic acids is 1. The molecule has 0 atom stereocenters. The molecule has 2 aromatic rings. The summed E-state index contributed by atoms with van der Waals surface area (Å²) in [5.41, 5.74) is 3.82. The van der Waals surface area contributed by atoms with Gasteiger partial charge in [-0.15, -0.1) is 11.8 Å². The predicted octanol–water partition coefficient (Wildman–Crippen LogP) is 4.64. The van der Waals surface area contributed by atoms with Crippen molar-refractivity contribution in [1.29, 1.82) is 0 Å². The maximum atomic E-state index is 10.7. The maximum Gasteiger partial charge on any atom is 0.311 e. The number of aliphatic carboxylic acids is 1. The summed E-state index contributed by atoms with van der Waals surface area (Å²) in [7, 11) is 0. The molecule has 0 amide bonds. The fraction of sp³-hybridized carbons (Fsp3) is 0.381. The topological polar surface area (TPSA) is 50.4 Å². The summed E-state index contributed by atoms with van der Waals surface area (Å²) in [5, 5.41) is 8.82. The van der Waals surface area contributed by atoms with E-state index < -0.39 is 5.97 Å². The van der Waals surface area contributed by atoms with Gasteiger partial charge in [0.25, 0.3) is 0 Å². The van der Waals surface area contributed by atoms with Crippen LogP contribution in [0.15, 0.2) is 33.6 Å². The van der Waals surface area contributed by atoms with Gasteiger partial charge in [0.05, 0.1) is 0 Å². The molecule has 0 radical (unpaired) electrons. The Kier molecular flexibility index (Phi) is 4.96. The van der Waals surface area contributed by atoms with Crippen molar-refractivity contribution in [3.63, 3.8) is 0 Å². The zero-order chi connectivity index (χ0) is 18.0. The van der Waals surface area contributed by atoms with Crippen molar-refractivity contribution in [3.05, 3.63) is 52.5 Å². The first-order valence-electron chi connectivity index (χ1n) is 8.52. The largest absolute Gasteiger partial charge is 0.481 e. The Morgan fingerprint density at radius 1 is 1.32 bits per heavy atom. The molecule has 130 valence electrons. The van der Waals surface area contributed by atoms with Crippen LogP contribution in [0.3, 0.4) is 0 Å². The van der Waals surface area contributed by atoms with Gasteiger partial charge in [0.2, 0.25) is 0 Å². The zero-order valence-electron chi connectivity index (χ0n) is 14.8. The Hall–Kier alpha value is -2.12. The van der Waals surface area contributed by atoms with Crippen molar-refractivity contribution in [2.75, 3.05) is 5.75 Å². The minimum Gasteiger partial charge on any atom is -0.481 e. The van der Waals surface area contributed by atoms with Crippen LogP contribution in [0, 0.1) is 11.8 Å². The minimum absolute atomic E-state index is 0.119. The molecule has 3 rings (SSSR count). The van der Waals surface area contributed by atoms with Crippen molar-refractivity contribution >= 4 is 17.7 Å². The standard InChI is InChI=1S/C21H22O3S/c1-4-14-12-19-18(21(2,3)9-10-25-19)11-15(14)5-6-16-7-8-17(24-16)13-20(22)23/h7-8,11-12H,4,9-10,13H2,1-3H3,(H,22,23). The highest BCUT2D eigenvalue weighted by atomic mass is 32.2. The predicted molar refractivity (Wildman–Crippen MR) is 100 cm³/mol. The average Bonchev–Trinajstić information content (AvgIpc) is 2.98. The van der Waals surface area contributed by atoms with E-state index in [-0.39, 0.29) is 11.8 Å². The molecule has 3 nitrogen and oxygen atoms in total. The molecule has 2 heterocycles. The number of benzene rings is 1. The molecule has 1 aromatic heterocycles. The highest BCUT2D eigenvalue weighted by molar-refractivity contribution is 7.99. The molecule has 1 N–H and O–H groups in total. The molecule has 0 unspecified atom stereocenters. The highest BCUT2D eigenvalue weighted by Crippen LogP contribution is 2.42. The number of rotatable bonds is 3. The van der Waals surface area contributed by atoms with Gasteiger partial charge in [-0.1, -0.05) is 26.7 Å². The van der Waals surface area contributed by atoms with E-state index in [0.717, 1.165) is 17.7 Å². The summed E-state index contributed by atoms with van der Waals surface area (Å²) in [6, 6.07) is 7.91. The van der Waals surface area contributed by atoms with Crippen LogP contribution in [0.2, 0.25) is 0 Å². The van der Waals surface area contributed by atoms with Gasteiger partial charge in [-0.25, -0.2) is 0 Å². The third-order valence-electron chi connectivity index (χ3n) is 4.61. The van der Waals surface area contributed by atoms with Crippen molar-refractivity contribution in [1.82, 2.24) is 0 Å². The molecule has 0 aliphatic carbocycles. The normalized spacial score (nSPS) is 15.2. The summed E-state index contributed by atoms with van der Waals surface area (Å²) in [6.45, 7) is 6.72. The molecular weight excluding hydrogens is 332 g/mol. The smallest absolute Gasteiger partial charge is 0.311 e. The number of carboxylic acid groups (broad SMARTS) is 1.